The first-order chi connectivity index (χ1) is 12.3. The van der Waals surface area contributed by atoms with Crippen LogP contribution in [0.5, 0.6) is 0 Å². The Kier molecular flexibility index (Phi) is 4.28. The number of likely N-dealkylation sites (tertiary alicyclic amines) is 1. The highest BCUT2D eigenvalue weighted by atomic mass is 16.5. The lowest BCUT2D eigenvalue weighted by Crippen LogP contribution is -2.28. The minimum Gasteiger partial charge on any atom is -0.472 e. The lowest BCUT2D eigenvalue weighted by Gasteiger charge is -2.15. The maximum Gasteiger partial charge on any atom is 0.259 e. The predicted octanol–water partition coefficient (Wildman–Crippen LogP) is 2.82. The van der Waals surface area contributed by atoms with Crippen LogP contribution >= 0.6 is 0 Å². The number of amides is 1. The highest BCUT2D eigenvalue weighted by Gasteiger charge is 2.27. The number of furan rings is 1. The number of nitrogens with zero attached hydrogens (tertiary/aromatic N) is 4. The molecule has 1 atom stereocenters. The van der Waals surface area contributed by atoms with Gasteiger partial charge in [0, 0.05) is 31.9 Å². The fourth-order valence-corrected chi connectivity index (χ4v) is 3.12. The summed E-state index contributed by atoms with van der Waals surface area (Å²) in [5.74, 6) is 1.68. The van der Waals surface area contributed by atoms with E-state index in [1.165, 1.54) is 12.5 Å². The third kappa shape index (κ3) is 3.45. The molecule has 1 aliphatic heterocycles. The highest BCUT2D eigenvalue weighted by molar-refractivity contribution is 5.93. The van der Waals surface area contributed by atoms with Gasteiger partial charge in [-0.25, -0.2) is 0 Å². The summed E-state index contributed by atoms with van der Waals surface area (Å²) in [7, 11) is 0. The van der Waals surface area contributed by atoms with Gasteiger partial charge in [0.15, 0.2) is 5.82 Å². The molecule has 128 valence electrons. The quantitative estimate of drug-likeness (QED) is 0.711. The second-order valence-corrected chi connectivity index (χ2v) is 6.21. The molecular weight excluding hydrogens is 320 g/mol. The standard InChI is InChI=1S/C18H18N4O3/c23-18(15-6-9-24-12-15)22-8-5-13(11-22)3-4-16-20-17(25-21-16)14-2-1-7-19-10-14/h1-2,6-7,9-10,12-13H,3-5,8,11H2. The summed E-state index contributed by atoms with van der Waals surface area (Å²) in [6, 6.07) is 5.43. The van der Waals surface area contributed by atoms with E-state index in [2.05, 4.69) is 15.1 Å². The number of aryl methyl sites for hydroxylation is 1. The summed E-state index contributed by atoms with van der Waals surface area (Å²) in [4.78, 5) is 22.7. The Hall–Kier alpha value is -2.96. The van der Waals surface area contributed by atoms with Gasteiger partial charge in [0.2, 0.25) is 0 Å². The molecule has 4 rings (SSSR count). The van der Waals surface area contributed by atoms with Crippen LogP contribution in [0.25, 0.3) is 11.5 Å². The van der Waals surface area contributed by atoms with Gasteiger partial charge in [-0.3, -0.25) is 9.78 Å². The number of pyridine rings is 1. The first kappa shape index (κ1) is 15.6. The number of hydrogen-bond acceptors (Lipinski definition) is 6. The van der Waals surface area contributed by atoms with E-state index >= 15 is 0 Å². The fourth-order valence-electron chi connectivity index (χ4n) is 3.12. The van der Waals surface area contributed by atoms with Crippen LogP contribution in [-0.2, 0) is 6.42 Å². The van der Waals surface area contributed by atoms with Gasteiger partial charge < -0.3 is 13.8 Å². The lowest BCUT2D eigenvalue weighted by molar-refractivity contribution is 0.0786. The van der Waals surface area contributed by atoms with Gasteiger partial charge in [0.1, 0.15) is 6.26 Å². The van der Waals surface area contributed by atoms with Gasteiger partial charge in [-0.2, -0.15) is 4.98 Å². The number of carbonyl (C=O) groups excluding carboxylic acids is 1. The Morgan fingerprint density at radius 2 is 2.32 bits per heavy atom. The van der Waals surface area contributed by atoms with Gasteiger partial charge in [-0.15, -0.1) is 0 Å². The highest BCUT2D eigenvalue weighted by Crippen LogP contribution is 2.23. The molecular formula is C18H18N4O3. The molecule has 0 spiro atoms. The molecule has 0 aromatic carbocycles. The Labute approximate surface area is 144 Å². The summed E-state index contributed by atoms with van der Waals surface area (Å²) >= 11 is 0. The van der Waals surface area contributed by atoms with Crippen molar-refractivity contribution < 1.29 is 13.7 Å². The van der Waals surface area contributed by atoms with Crippen molar-refractivity contribution in [2.45, 2.75) is 19.3 Å². The zero-order chi connectivity index (χ0) is 17.1. The molecule has 3 aromatic heterocycles. The van der Waals surface area contributed by atoms with Crippen molar-refractivity contribution in [1.29, 1.82) is 0 Å². The smallest absolute Gasteiger partial charge is 0.259 e. The minimum absolute atomic E-state index is 0.0367. The molecule has 7 nitrogen and oxygen atoms in total. The van der Waals surface area contributed by atoms with E-state index in [1.54, 1.807) is 18.5 Å². The van der Waals surface area contributed by atoms with E-state index in [0.717, 1.165) is 37.9 Å². The predicted molar refractivity (Wildman–Crippen MR) is 88.6 cm³/mol. The van der Waals surface area contributed by atoms with Gasteiger partial charge >= 0.3 is 0 Å². The lowest BCUT2D eigenvalue weighted by atomic mass is 10.0. The molecule has 4 heterocycles. The second-order valence-electron chi connectivity index (χ2n) is 6.21. The number of carbonyl (C=O) groups is 1. The molecule has 25 heavy (non-hydrogen) atoms. The normalized spacial score (nSPS) is 17.1. The molecule has 1 fully saturated rings. The second kappa shape index (κ2) is 6.88. The van der Waals surface area contributed by atoms with Crippen molar-refractivity contribution in [3.05, 3.63) is 54.5 Å². The van der Waals surface area contributed by atoms with E-state index in [4.69, 9.17) is 8.94 Å². The van der Waals surface area contributed by atoms with E-state index in [-0.39, 0.29) is 5.91 Å². The van der Waals surface area contributed by atoms with E-state index in [1.807, 2.05) is 17.0 Å². The monoisotopic (exact) mass is 338 g/mol. The topological polar surface area (TPSA) is 85.3 Å². The molecule has 0 saturated carbocycles. The van der Waals surface area contributed by atoms with Crippen LogP contribution in [0.4, 0.5) is 0 Å². The largest absolute Gasteiger partial charge is 0.472 e. The molecule has 1 saturated heterocycles. The average molecular weight is 338 g/mol. The van der Waals surface area contributed by atoms with Crippen molar-refractivity contribution in [2.75, 3.05) is 13.1 Å². The Morgan fingerprint density at radius 1 is 1.36 bits per heavy atom. The number of aromatic nitrogens is 3. The fraction of sp³-hybridized carbons (Fsp3) is 0.333. The summed E-state index contributed by atoms with van der Waals surface area (Å²) in [5.41, 5.74) is 1.43. The van der Waals surface area contributed by atoms with Gasteiger partial charge in [0.05, 0.1) is 17.4 Å². The van der Waals surface area contributed by atoms with Gasteiger partial charge in [0.25, 0.3) is 11.8 Å². The summed E-state index contributed by atoms with van der Waals surface area (Å²) in [6.07, 6.45) is 9.09. The van der Waals surface area contributed by atoms with Crippen LogP contribution in [-0.4, -0.2) is 39.0 Å². The third-order valence-corrected chi connectivity index (χ3v) is 4.49. The Balaban J connectivity index is 1.31. The zero-order valence-corrected chi connectivity index (χ0v) is 13.7. The SMILES string of the molecule is O=C(c1ccoc1)N1CCC(CCc2noc(-c3cccnc3)n2)C1. The van der Waals surface area contributed by atoms with E-state index in [0.29, 0.717) is 23.2 Å². The zero-order valence-electron chi connectivity index (χ0n) is 13.7. The van der Waals surface area contributed by atoms with Crippen LogP contribution in [0.3, 0.4) is 0 Å². The average Bonchev–Trinajstić information content (AvgIpc) is 3.41. The van der Waals surface area contributed by atoms with Crippen molar-refractivity contribution in [3.63, 3.8) is 0 Å². The van der Waals surface area contributed by atoms with Crippen molar-refractivity contribution in [2.24, 2.45) is 5.92 Å². The maximum absolute atomic E-state index is 12.3. The summed E-state index contributed by atoms with van der Waals surface area (Å²) in [5, 5.41) is 4.04. The van der Waals surface area contributed by atoms with Crippen LogP contribution in [0.1, 0.15) is 29.0 Å². The van der Waals surface area contributed by atoms with Crippen LogP contribution < -0.4 is 0 Å². The van der Waals surface area contributed by atoms with Crippen LogP contribution in [0, 0.1) is 5.92 Å². The first-order valence-electron chi connectivity index (χ1n) is 8.34. The Morgan fingerprint density at radius 3 is 3.12 bits per heavy atom. The molecule has 0 radical (unpaired) electrons. The number of hydrogen-bond donors (Lipinski definition) is 0. The maximum atomic E-state index is 12.3. The van der Waals surface area contributed by atoms with Crippen LogP contribution in [0.2, 0.25) is 0 Å². The molecule has 1 amide bonds. The molecule has 1 aliphatic rings. The summed E-state index contributed by atoms with van der Waals surface area (Å²) in [6.45, 7) is 1.54. The molecule has 0 N–H and O–H groups in total. The molecule has 0 bridgehead atoms. The Bertz CT molecular complexity index is 829. The van der Waals surface area contributed by atoms with Gasteiger partial charge in [-0.05, 0) is 37.0 Å². The summed E-state index contributed by atoms with van der Waals surface area (Å²) < 4.78 is 10.3. The van der Waals surface area contributed by atoms with Gasteiger partial charge in [-0.1, -0.05) is 5.16 Å². The van der Waals surface area contributed by atoms with Crippen molar-refractivity contribution >= 4 is 5.91 Å². The number of rotatable bonds is 5. The van der Waals surface area contributed by atoms with E-state index < -0.39 is 0 Å². The molecule has 7 heteroatoms. The van der Waals surface area contributed by atoms with Crippen molar-refractivity contribution in [1.82, 2.24) is 20.0 Å². The molecule has 0 aliphatic carbocycles. The molecule has 1 unspecified atom stereocenters. The minimum atomic E-state index is 0.0367. The molecule has 3 aromatic rings. The van der Waals surface area contributed by atoms with Crippen molar-refractivity contribution in [3.8, 4) is 11.5 Å². The third-order valence-electron chi connectivity index (χ3n) is 4.49. The van der Waals surface area contributed by atoms with Crippen LogP contribution in [0.15, 0.2) is 52.1 Å². The van der Waals surface area contributed by atoms with E-state index in [9.17, 15) is 4.79 Å². The first-order valence-corrected chi connectivity index (χ1v) is 8.34.